The summed E-state index contributed by atoms with van der Waals surface area (Å²) < 4.78 is 13.0. The van der Waals surface area contributed by atoms with Gasteiger partial charge in [-0.2, -0.15) is 10.3 Å². The minimum Gasteiger partial charge on any atom is -0.493 e. The molecule has 0 aliphatic carbocycles. The van der Waals surface area contributed by atoms with E-state index in [0.717, 1.165) is 37.3 Å². The lowest BCUT2D eigenvalue weighted by Gasteiger charge is -2.32. The number of nitriles is 1. The predicted octanol–water partition coefficient (Wildman–Crippen LogP) is 4.09. The van der Waals surface area contributed by atoms with Gasteiger partial charge < -0.3 is 20.4 Å². The summed E-state index contributed by atoms with van der Waals surface area (Å²) in [5.74, 6) is 1.98. The average molecular weight is 633 g/mol. The normalized spacial score (nSPS) is 20.3. The van der Waals surface area contributed by atoms with Gasteiger partial charge in [0.15, 0.2) is 0 Å². The third-order valence-electron chi connectivity index (χ3n) is 5.00. The molecule has 4 N–H and O–H groups in total. The van der Waals surface area contributed by atoms with Crippen molar-refractivity contribution in [3.05, 3.63) is 56.5 Å². The van der Waals surface area contributed by atoms with Gasteiger partial charge in [0, 0.05) is 41.4 Å². The highest BCUT2D eigenvalue weighted by molar-refractivity contribution is 9.10. The van der Waals surface area contributed by atoms with Crippen molar-refractivity contribution >= 4 is 55.9 Å². The maximum Gasteiger partial charge on any atom is 0.221 e. The molecule has 13 heteroatoms. The molecule has 0 radical (unpaired) electrons. The van der Waals surface area contributed by atoms with E-state index in [1.165, 1.54) is 12.1 Å². The second-order valence-corrected chi connectivity index (χ2v) is 9.03. The molecule has 10 nitrogen and oxygen atoms in total. The zero-order valence-electron chi connectivity index (χ0n) is 19.0. The molecule has 0 bridgehead atoms. The van der Waals surface area contributed by atoms with E-state index in [1.54, 1.807) is 12.5 Å². The predicted molar refractivity (Wildman–Crippen MR) is 141 cm³/mol. The Kier molecular flexibility index (Phi) is 10.8. The van der Waals surface area contributed by atoms with Gasteiger partial charge in [-0.1, -0.05) is 31.9 Å². The minimum atomic E-state index is -0.726. The standard InChI is InChI=1S/C11H12BrN3O2.C10H7BrN2O.CH5NO.ClH/c1-15-10(13)14-11(17-15)4-5-16-9-3-2-7(12)6-8(9)11;11-7-1-2-10-8(5-7)9(13-6-12)3-4-14-10;1-2-3;/h2-3,6H,4-5H2,1H3,(H2,13,14);1-2,5H,3-4H2;2-3H,1H3;1H. The number of hydrogen-bond donors (Lipinski definition) is 3. The maximum atomic E-state index is 8.52. The molecule has 3 aliphatic heterocycles. The number of nitrogens with zero attached hydrogens (tertiary/aromatic N) is 4. The Bertz CT molecular complexity index is 1140. The number of guanidine groups is 1. The summed E-state index contributed by atoms with van der Waals surface area (Å²) in [6.45, 7) is 1.16. The van der Waals surface area contributed by atoms with Gasteiger partial charge in [-0.05, 0) is 36.4 Å². The van der Waals surface area contributed by atoms with Crippen LogP contribution in [0, 0.1) is 11.5 Å². The van der Waals surface area contributed by atoms with E-state index in [4.69, 9.17) is 30.5 Å². The van der Waals surface area contributed by atoms with E-state index in [-0.39, 0.29) is 12.4 Å². The highest BCUT2D eigenvalue weighted by atomic mass is 79.9. The minimum absolute atomic E-state index is 0. The summed E-state index contributed by atoms with van der Waals surface area (Å²) >= 11 is 6.82. The third-order valence-corrected chi connectivity index (χ3v) is 5.99. The van der Waals surface area contributed by atoms with Crippen molar-refractivity contribution in [1.82, 2.24) is 10.5 Å². The molecule has 188 valence electrons. The van der Waals surface area contributed by atoms with Crippen LogP contribution in [0.2, 0.25) is 0 Å². The summed E-state index contributed by atoms with van der Waals surface area (Å²) in [5, 5.41) is 17.3. The molecule has 2 aromatic carbocycles. The number of aliphatic imine (C=N–C) groups is 2. The molecular formula is C22H25Br2ClN6O4. The summed E-state index contributed by atoms with van der Waals surface area (Å²) in [5.41, 5.74) is 9.42. The lowest BCUT2D eigenvalue weighted by atomic mass is 9.97. The first kappa shape index (κ1) is 28.8. The fraction of sp³-hybridized carbons (Fsp3) is 0.318. The number of benzene rings is 2. The van der Waals surface area contributed by atoms with Gasteiger partial charge in [-0.3, -0.25) is 0 Å². The molecule has 0 saturated heterocycles. The van der Waals surface area contributed by atoms with Gasteiger partial charge in [0.1, 0.15) is 11.5 Å². The van der Waals surface area contributed by atoms with Crippen LogP contribution in [0.25, 0.3) is 0 Å². The fourth-order valence-corrected chi connectivity index (χ4v) is 4.27. The largest absolute Gasteiger partial charge is 0.493 e. The molecule has 0 fully saturated rings. The maximum absolute atomic E-state index is 8.52. The monoisotopic (exact) mass is 630 g/mol. The Hall–Kier alpha value is -2.40. The van der Waals surface area contributed by atoms with Crippen LogP contribution in [-0.2, 0) is 10.6 Å². The van der Waals surface area contributed by atoms with Crippen molar-refractivity contribution in [2.24, 2.45) is 15.7 Å². The van der Waals surface area contributed by atoms with Crippen LogP contribution in [0.1, 0.15) is 24.0 Å². The van der Waals surface area contributed by atoms with E-state index in [2.05, 4.69) is 41.8 Å². The molecule has 0 aromatic heterocycles. The molecule has 35 heavy (non-hydrogen) atoms. The molecule has 3 heterocycles. The third kappa shape index (κ3) is 6.84. The second kappa shape index (κ2) is 13.1. The van der Waals surface area contributed by atoms with Crippen LogP contribution in [0.3, 0.4) is 0 Å². The van der Waals surface area contributed by atoms with Gasteiger partial charge in [-0.25, -0.2) is 20.4 Å². The smallest absolute Gasteiger partial charge is 0.221 e. The molecule has 1 atom stereocenters. The average Bonchev–Trinajstić information content (AvgIpc) is 3.09. The summed E-state index contributed by atoms with van der Waals surface area (Å²) in [6, 6.07) is 11.5. The van der Waals surface area contributed by atoms with Gasteiger partial charge in [0.05, 0.1) is 24.5 Å². The van der Waals surface area contributed by atoms with Gasteiger partial charge in [0.2, 0.25) is 17.9 Å². The Morgan fingerprint density at radius 1 is 1.17 bits per heavy atom. The lowest BCUT2D eigenvalue weighted by Crippen LogP contribution is -2.35. The first-order valence-electron chi connectivity index (χ1n) is 10.2. The number of nitrogens with one attached hydrogen (secondary N) is 1. The molecular weight excluding hydrogens is 608 g/mol. The first-order valence-corrected chi connectivity index (χ1v) is 11.8. The number of nitrogens with two attached hydrogens (primary N) is 1. The number of hydrogen-bond acceptors (Lipinski definition) is 10. The Morgan fingerprint density at radius 3 is 2.43 bits per heavy atom. The fourth-order valence-electron chi connectivity index (χ4n) is 3.55. The van der Waals surface area contributed by atoms with Gasteiger partial charge in [0.25, 0.3) is 0 Å². The van der Waals surface area contributed by atoms with Crippen LogP contribution in [0.15, 0.2) is 55.3 Å². The number of rotatable bonds is 0. The van der Waals surface area contributed by atoms with Crippen LogP contribution < -0.4 is 20.7 Å². The van der Waals surface area contributed by atoms with Crippen molar-refractivity contribution in [2.45, 2.75) is 18.6 Å². The number of hydroxylamine groups is 3. The van der Waals surface area contributed by atoms with Crippen molar-refractivity contribution in [3.63, 3.8) is 0 Å². The molecule has 5 rings (SSSR count). The van der Waals surface area contributed by atoms with Gasteiger partial charge >= 0.3 is 0 Å². The Labute approximate surface area is 226 Å². The quantitative estimate of drug-likeness (QED) is 0.292. The lowest BCUT2D eigenvalue weighted by molar-refractivity contribution is -0.183. The van der Waals surface area contributed by atoms with Crippen molar-refractivity contribution < 1.29 is 19.5 Å². The zero-order chi connectivity index (χ0) is 24.7. The summed E-state index contributed by atoms with van der Waals surface area (Å²) in [7, 11) is 3.18. The first-order chi connectivity index (χ1) is 16.3. The van der Waals surface area contributed by atoms with E-state index < -0.39 is 5.72 Å². The number of ether oxygens (including phenoxy) is 2. The molecule has 3 aliphatic rings. The molecule has 0 saturated carbocycles. The number of halogens is 3. The van der Waals surface area contributed by atoms with Crippen molar-refractivity contribution in [2.75, 3.05) is 27.3 Å². The Balaban J connectivity index is 0.000000220. The molecule has 0 amide bonds. The van der Waals surface area contributed by atoms with E-state index in [1.807, 2.05) is 42.6 Å². The van der Waals surface area contributed by atoms with Crippen LogP contribution >= 0.6 is 44.3 Å². The Morgan fingerprint density at radius 2 is 1.80 bits per heavy atom. The van der Waals surface area contributed by atoms with E-state index in [9.17, 15) is 0 Å². The second-order valence-electron chi connectivity index (χ2n) is 7.20. The molecule has 2 aromatic rings. The highest BCUT2D eigenvalue weighted by Gasteiger charge is 2.45. The van der Waals surface area contributed by atoms with E-state index >= 15 is 0 Å². The zero-order valence-corrected chi connectivity index (χ0v) is 23.0. The molecule has 1 spiro atoms. The van der Waals surface area contributed by atoms with Crippen LogP contribution in [0.4, 0.5) is 0 Å². The SMILES string of the molecule is CN1OC2(CCOc3ccc(Br)cc32)N=C1N.CNO.Cl.N#CN=C1CCOc2ccc(Br)cc21. The summed E-state index contributed by atoms with van der Waals surface area (Å²) in [6.07, 6.45) is 3.16. The van der Waals surface area contributed by atoms with Crippen LogP contribution in [-0.4, -0.2) is 49.3 Å². The molecule has 1 unspecified atom stereocenters. The summed E-state index contributed by atoms with van der Waals surface area (Å²) in [4.78, 5) is 14.0. The number of fused-ring (bicyclic) bond motifs is 3. The topological polar surface area (TPSA) is 138 Å². The van der Waals surface area contributed by atoms with Crippen molar-refractivity contribution in [3.8, 4) is 17.7 Å². The highest BCUT2D eigenvalue weighted by Crippen LogP contribution is 2.44. The van der Waals surface area contributed by atoms with Crippen LogP contribution in [0.5, 0.6) is 11.5 Å². The van der Waals surface area contributed by atoms with Gasteiger partial charge in [-0.15, -0.1) is 12.4 Å². The van der Waals surface area contributed by atoms with E-state index in [0.29, 0.717) is 32.0 Å². The van der Waals surface area contributed by atoms with Crippen molar-refractivity contribution in [1.29, 1.82) is 5.26 Å².